The summed E-state index contributed by atoms with van der Waals surface area (Å²) in [5.74, 6) is 0. The molecule has 0 bridgehead atoms. The van der Waals surface area contributed by atoms with Gasteiger partial charge in [-0.25, -0.2) is 0 Å². The van der Waals surface area contributed by atoms with E-state index in [1.54, 1.807) is 0 Å². The van der Waals surface area contributed by atoms with Gasteiger partial charge >= 0.3 is 0 Å². The summed E-state index contributed by atoms with van der Waals surface area (Å²) in [6.07, 6.45) is 1.82. The summed E-state index contributed by atoms with van der Waals surface area (Å²) in [4.78, 5) is 0. The van der Waals surface area contributed by atoms with Crippen molar-refractivity contribution >= 4 is 44.0 Å². The highest BCUT2D eigenvalue weighted by Crippen LogP contribution is 2.01. The molecule has 0 aliphatic carbocycles. The molecule has 0 saturated carbocycles. The SMILES string of the molecule is C=Cc1ccc([SiH2]C(Cl)Cl)cc1. The minimum absolute atomic E-state index is 0.181. The third-order valence-corrected chi connectivity index (χ3v) is 3.78. The Morgan fingerprint density at radius 2 is 1.83 bits per heavy atom. The van der Waals surface area contributed by atoms with E-state index in [4.69, 9.17) is 23.2 Å². The van der Waals surface area contributed by atoms with Crippen molar-refractivity contribution in [2.24, 2.45) is 0 Å². The molecule has 0 aliphatic rings. The average Bonchev–Trinajstić information content (AvgIpc) is 2.05. The van der Waals surface area contributed by atoms with Crippen LogP contribution in [0.1, 0.15) is 5.56 Å². The molecule has 0 fully saturated rings. The van der Waals surface area contributed by atoms with E-state index in [-0.39, 0.29) is 4.46 Å². The van der Waals surface area contributed by atoms with E-state index in [9.17, 15) is 0 Å². The monoisotopic (exact) mass is 216 g/mol. The Hall–Kier alpha value is -0.243. The lowest BCUT2D eigenvalue weighted by molar-refractivity contribution is 1.69. The quantitative estimate of drug-likeness (QED) is 0.535. The zero-order valence-corrected chi connectivity index (χ0v) is 9.56. The summed E-state index contributed by atoms with van der Waals surface area (Å²) in [5.41, 5.74) is 1.13. The second-order valence-corrected chi connectivity index (χ2v) is 6.89. The molecule has 0 aliphatic heterocycles. The van der Waals surface area contributed by atoms with Gasteiger partial charge in [0.15, 0.2) is 0 Å². The Morgan fingerprint density at radius 3 is 2.25 bits per heavy atom. The summed E-state index contributed by atoms with van der Waals surface area (Å²) in [7, 11) is -0.504. The molecule has 0 unspecified atom stereocenters. The van der Waals surface area contributed by atoms with Gasteiger partial charge in [0, 0.05) is 0 Å². The van der Waals surface area contributed by atoms with Crippen molar-refractivity contribution in [3.63, 3.8) is 0 Å². The van der Waals surface area contributed by atoms with Crippen molar-refractivity contribution in [3.8, 4) is 0 Å². The molecule has 1 aromatic rings. The van der Waals surface area contributed by atoms with Crippen molar-refractivity contribution in [2.75, 3.05) is 0 Å². The number of hydrogen-bond donors (Lipinski definition) is 0. The smallest absolute Gasteiger partial charge is 0.0957 e. The summed E-state index contributed by atoms with van der Waals surface area (Å²) in [6.45, 7) is 3.68. The number of rotatable bonds is 3. The van der Waals surface area contributed by atoms with Crippen LogP contribution in [-0.2, 0) is 0 Å². The van der Waals surface area contributed by atoms with Crippen LogP contribution in [0.2, 0.25) is 0 Å². The van der Waals surface area contributed by atoms with Gasteiger partial charge in [0.05, 0.1) is 14.0 Å². The number of benzene rings is 1. The highest BCUT2D eigenvalue weighted by atomic mass is 35.5. The van der Waals surface area contributed by atoms with Gasteiger partial charge in [-0.1, -0.05) is 42.1 Å². The number of alkyl halides is 2. The van der Waals surface area contributed by atoms with E-state index in [1.165, 1.54) is 5.19 Å². The fraction of sp³-hybridized carbons (Fsp3) is 0.111. The van der Waals surface area contributed by atoms with Crippen LogP contribution >= 0.6 is 23.2 Å². The predicted octanol–water partition coefficient (Wildman–Crippen LogP) is 1.88. The maximum Gasteiger partial charge on any atom is 0.0957 e. The Balaban J connectivity index is 2.71. The molecule has 0 nitrogen and oxygen atoms in total. The van der Waals surface area contributed by atoms with Crippen molar-refractivity contribution < 1.29 is 0 Å². The summed E-state index contributed by atoms with van der Waals surface area (Å²) >= 11 is 11.4. The van der Waals surface area contributed by atoms with Gasteiger partial charge in [0.25, 0.3) is 0 Å². The van der Waals surface area contributed by atoms with Crippen LogP contribution in [0.15, 0.2) is 30.8 Å². The zero-order chi connectivity index (χ0) is 8.97. The van der Waals surface area contributed by atoms with Crippen LogP contribution in [0.4, 0.5) is 0 Å². The summed E-state index contributed by atoms with van der Waals surface area (Å²) < 4.78 is -0.181. The molecular formula is C9H10Cl2Si. The highest BCUT2D eigenvalue weighted by Gasteiger charge is 2.01. The van der Waals surface area contributed by atoms with Gasteiger partial charge in [0.2, 0.25) is 0 Å². The molecule has 0 radical (unpaired) electrons. The van der Waals surface area contributed by atoms with Gasteiger partial charge in [-0.2, -0.15) is 0 Å². The molecule has 0 amide bonds. The van der Waals surface area contributed by atoms with Gasteiger partial charge in [0.1, 0.15) is 0 Å². The van der Waals surface area contributed by atoms with Crippen LogP contribution < -0.4 is 5.19 Å². The molecule has 12 heavy (non-hydrogen) atoms. The van der Waals surface area contributed by atoms with E-state index in [0.717, 1.165) is 5.56 Å². The third kappa shape index (κ3) is 3.01. The third-order valence-electron chi connectivity index (χ3n) is 1.61. The van der Waals surface area contributed by atoms with Crippen LogP contribution in [0.5, 0.6) is 0 Å². The Kier molecular flexibility index (Phi) is 3.86. The number of halogens is 2. The van der Waals surface area contributed by atoms with Crippen molar-refractivity contribution in [1.82, 2.24) is 0 Å². The molecule has 0 saturated heterocycles. The van der Waals surface area contributed by atoms with E-state index in [2.05, 4.69) is 18.7 Å². The molecule has 1 rings (SSSR count). The van der Waals surface area contributed by atoms with E-state index < -0.39 is 9.52 Å². The van der Waals surface area contributed by atoms with Crippen molar-refractivity contribution in [2.45, 2.75) is 4.46 Å². The second-order valence-electron chi connectivity index (χ2n) is 2.54. The topological polar surface area (TPSA) is 0 Å². The first-order valence-electron chi connectivity index (χ1n) is 3.72. The molecule has 1 aromatic carbocycles. The van der Waals surface area contributed by atoms with E-state index >= 15 is 0 Å². The van der Waals surface area contributed by atoms with E-state index in [0.29, 0.717) is 0 Å². The van der Waals surface area contributed by atoms with Crippen LogP contribution in [0.3, 0.4) is 0 Å². The first kappa shape index (κ1) is 9.84. The van der Waals surface area contributed by atoms with Crippen LogP contribution in [0.25, 0.3) is 6.08 Å². The van der Waals surface area contributed by atoms with Crippen LogP contribution in [-0.4, -0.2) is 14.0 Å². The first-order valence-corrected chi connectivity index (χ1v) is 6.11. The Bertz CT molecular complexity index is 254. The number of hydrogen-bond acceptors (Lipinski definition) is 0. The standard InChI is InChI=1S/C9H10Cl2Si/c1-2-7-3-5-8(6-4-7)12-9(10)11/h2-6,9H,1,12H2. The Labute approximate surface area is 85.0 Å². The molecule has 0 N–H and O–H groups in total. The lowest BCUT2D eigenvalue weighted by Gasteiger charge is -2.00. The zero-order valence-electron chi connectivity index (χ0n) is 6.63. The van der Waals surface area contributed by atoms with Gasteiger partial charge in [-0.15, -0.1) is 23.2 Å². The minimum Gasteiger partial charge on any atom is -0.110 e. The lowest BCUT2D eigenvalue weighted by atomic mass is 10.2. The largest absolute Gasteiger partial charge is 0.110 e. The molecule has 0 atom stereocenters. The van der Waals surface area contributed by atoms with Crippen molar-refractivity contribution in [3.05, 3.63) is 36.4 Å². The van der Waals surface area contributed by atoms with Gasteiger partial charge < -0.3 is 0 Å². The van der Waals surface area contributed by atoms with Gasteiger partial charge in [-0.3, -0.25) is 0 Å². The normalized spacial score (nSPS) is 11.2. The maximum atomic E-state index is 5.69. The minimum atomic E-state index is -0.504. The average molecular weight is 217 g/mol. The molecular weight excluding hydrogens is 207 g/mol. The lowest BCUT2D eigenvalue weighted by Crippen LogP contribution is -2.19. The fourth-order valence-corrected chi connectivity index (χ4v) is 2.90. The molecule has 0 aromatic heterocycles. The van der Waals surface area contributed by atoms with Crippen molar-refractivity contribution in [1.29, 1.82) is 0 Å². The summed E-state index contributed by atoms with van der Waals surface area (Å²) in [6, 6.07) is 8.21. The van der Waals surface area contributed by atoms with Crippen LogP contribution in [0, 0.1) is 0 Å². The molecule has 3 heteroatoms. The van der Waals surface area contributed by atoms with Gasteiger partial charge in [-0.05, 0) is 5.56 Å². The Morgan fingerprint density at radius 1 is 1.25 bits per heavy atom. The second kappa shape index (κ2) is 4.70. The maximum absolute atomic E-state index is 5.69. The fourth-order valence-electron chi connectivity index (χ4n) is 0.968. The predicted molar refractivity (Wildman–Crippen MR) is 60.2 cm³/mol. The van der Waals surface area contributed by atoms with E-state index in [1.807, 2.05) is 18.2 Å². The first-order chi connectivity index (χ1) is 5.72. The molecule has 64 valence electrons. The summed E-state index contributed by atoms with van der Waals surface area (Å²) in [5, 5.41) is 1.29. The molecule has 0 heterocycles. The molecule has 0 spiro atoms. The highest BCUT2D eigenvalue weighted by molar-refractivity contribution is 6.75.